The third-order valence-electron chi connectivity index (χ3n) is 1.79. The van der Waals surface area contributed by atoms with Gasteiger partial charge in [0.2, 0.25) is 5.76 Å². The van der Waals surface area contributed by atoms with Gasteiger partial charge in [-0.05, 0) is 13.3 Å². The van der Waals surface area contributed by atoms with Crippen LogP contribution in [0.4, 0.5) is 0 Å². The van der Waals surface area contributed by atoms with Crippen LogP contribution in [0.3, 0.4) is 0 Å². The van der Waals surface area contributed by atoms with E-state index in [1.807, 2.05) is 19.1 Å². The number of carboxylic acids is 1. The van der Waals surface area contributed by atoms with Crippen molar-refractivity contribution in [2.75, 3.05) is 6.61 Å². The lowest BCUT2D eigenvalue weighted by atomic mass is 10.0. The average molecular weight is 169 g/mol. The Morgan fingerprint density at radius 2 is 2.58 bits per heavy atom. The number of carboxylic acid groups (broad SMARTS) is 1. The highest BCUT2D eigenvalue weighted by Gasteiger charge is 2.16. The molecule has 12 heavy (non-hydrogen) atoms. The summed E-state index contributed by atoms with van der Waals surface area (Å²) in [6.45, 7) is 1.92. The summed E-state index contributed by atoms with van der Waals surface area (Å²) < 4.78 is 3.97. The fourth-order valence-electron chi connectivity index (χ4n) is 1.10. The second-order valence-electron chi connectivity index (χ2n) is 2.87. The molecule has 2 N–H and O–H groups in total. The molecule has 3 heteroatoms. The maximum atomic E-state index is 10.2. The lowest BCUT2D eigenvalue weighted by molar-refractivity contribution is -0.148. The van der Waals surface area contributed by atoms with Gasteiger partial charge in [-0.15, -0.1) is 0 Å². The molecule has 0 aliphatic heterocycles. The molecule has 1 aliphatic carbocycles. The van der Waals surface area contributed by atoms with Gasteiger partial charge in [0, 0.05) is 6.08 Å². The van der Waals surface area contributed by atoms with Crippen molar-refractivity contribution in [3.63, 3.8) is 0 Å². The average Bonchev–Trinajstić information content (AvgIpc) is 2.03. The van der Waals surface area contributed by atoms with Crippen LogP contribution in [0.2, 0.25) is 0 Å². The van der Waals surface area contributed by atoms with Gasteiger partial charge in [0.15, 0.2) is 0 Å². The maximum absolute atomic E-state index is 10.2. The van der Waals surface area contributed by atoms with Gasteiger partial charge in [-0.2, -0.15) is 0 Å². The predicted octanol–water partition coefficient (Wildman–Crippen LogP) is 1.08. The molecule has 0 aromatic heterocycles. The number of carbonyl (C=O) groups is 1. The molecule has 0 aromatic carbocycles. The van der Waals surface area contributed by atoms with Crippen molar-refractivity contribution in [1.29, 1.82) is 0 Å². The summed E-state index contributed by atoms with van der Waals surface area (Å²) in [5.74, 6) is 0.368. The molecule has 1 unspecified atom stereocenters. The van der Waals surface area contributed by atoms with E-state index < -0.39 is 5.97 Å². The molecule has 1 rings (SSSR count). The molecule has 0 fully saturated rings. The molecule has 0 amide bonds. The first-order valence-electron chi connectivity index (χ1n) is 3.96. The fourth-order valence-corrected chi connectivity index (χ4v) is 1.10. The first kappa shape index (κ1) is 8.84. The van der Waals surface area contributed by atoms with Crippen LogP contribution in [0.15, 0.2) is 24.0 Å². The summed E-state index contributed by atoms with van der Waals surface area (Å²) in [4.78, 5) is 10.2. The van der Waals surface area contributed by atoms with Gasteiger partial charge in [-0.1, -0.05) is 12.2 Å². The zero-order valence-electron chi connectivity index (χ0n) is 7.03. The Balaban J connectivity index is 2.44. The van der Waals surface area contributed by atoms with Crippen molar-refractivity contribution in [3.05, 3.63) is 24.0 Å². The number of rotatable bonds is 3. The van der Waals surface area contributed by atoms with Crippen molar-refractivity contribution in [1.82, 2.24) is 0 Å². The molecule has 0 bridgehead atoms. The van der Waals surface area contributed by atoms with Gasteiger partial charge < -0.3 is 9.84 Å². The molecule has 0 saturated heterocycles. The Labute approximate surface area is 71.3 Å². The molecule has 0 saturated carbocycles. The summed E-state index contributed by atoms with van der Waals surface area (Å²) in [5, 5.41) is 8.39. The largest absolute Gasteiger partial charge is 0.578 e. The Kier molecular flexibility index (Phi) is 2.91. The van der Waals surface area contributed by atoms with Gasteiger partial charge >= 0.3 is 5.97 Å². The van der Waals surface area contributed by atoms with E-state index in [-0.39, 0.29) is 6.61 Å². The van der Waals surface area contributed by atoms with Crippen LogP contribution in [-0.4, -0.2) is 22.4 Å². The maximum Gasteiger partial charge on any atom is 0.392 e. The Morgan fingerprint density at radius 3 is 3.17 bits per heavy atom. The molecule has 1 atom stereocenters. The van der Waals surface area contributed by atoms with Crippen molar-refractivity contribution >= 4 is 5.97 Å². The third kappa shape index (κ3) is 2.42. The summed E-state index contributed by atoms with van der Waals surface area (Å²) in [6.07, 6.45) is 6.80. The molecule has 0 spiro atoms. The summed E-state index contributed by atoms with van der Waals surface area (Å²) in [5.41, 5.74) is 0. The van der Waals surface area contributed by atoms with E-state index in [0.717, 1.165) is 12.2 Å². The highest BCUT2D eigenvalue weighted by atomic mass is 16.5. The van der Waals surface area contributed by atoms with E-state index in [2.05, 4.69) is 10.8 Å². The Bertz CT molecular complexity index is 228. The van der Waals surface area contributed by atoms with Crippen LogP contribution in [0.1, 0.15) is 13.3 Å². The zero-order valence-corrected chi connectivity index (χ0v) is 7.03. The van der Waals surface area contributed by atoms with Crippen molar-refractivity contribution in [3.8, 4) is 0 Å². The van der Waals surface area contributed by atoms with Gasteiger partial charge in [0.05, 0.1) is 5.92 Å². The van der Waals surface area contributed by atoms with Crippen molar-refractivity contribution < 1.29 is 14.6 Å². The lowest BCUT2D eigenvalue weighted by Gasteiger charge is -2.13. The van der Waals surface area contributed by atoms with Crippen LogP contribution in [0.25, 0.3) is 0 Å². The van der Waals surface area contributed by atoms with E-state index in [0.29, 0.717) is 5.92 Å². The fraction of sp³-hybridized carbons (Fsp3) is 0.444. The Morgan fingerprint density at radius 1 is 1.83 bits per heavy atom. The minimum absolute atomic E-state index is 0.121. The van der Waals surface area contributed by atoms with E-state index in [9.17, 15) is 4.79 Å². The van der Waals surface area contributed by atoms with Crippen LogP contribution in [0, 0.1) is 5.92 Å². The van der Waals surface area contributed by atoms with Crippen molar-refractivity contribution in [2.45, 2.75) is 13.3 Å². The van der Waals surface area contributed by atoms with Gasteiger partial charge in [-0.25, -0.2) is 4.79 Å². The molecule has 0 radical (unpaired) electrons. The van der Waals surface area contributed by atoms with Crippen molar-refractivity contribution in [2.24, 2.45) is 5.92 Å². The third-order valence-corrected chi connectivity index (χ3v) is 1.79. The van der Waals surface area contributed by atoms with Crippen LogP contribution >= 0.6 is 0 Å². The van der Waals surface area contributed by atoms with Gasteiger partial charge in [-0.3, -0.25) is 0 Å². The summed E-state index contributed by atoms with van der Waals surface area (Å²) >= 11 is 0. The summed E-state index contributed by atoms with van der Waals surface area (Å²) in [7, 11) is 0. The monoisotopic (exact) mass is 169 g/mol. The number of hydrogen-bond acceptors (Lipinski definition) is 1. The number of hydrogen-bond donors (Lipinski definition) is 1. The minimum atomic E-state index is -0.877. The van der Waals surface area contributed by atoms with E-state index >= 15 is 0 Å². The predicted molar refractivity (Wildman–Crippen MR) is 45.7 cm³/mol. The Hall–Kier alpha value is -1.25. The van der Waals surface area contributed by atoms with E-state index in [4.69, 9.17) is 5.11 Å². The normalized spacial score (nSPS) is 21.8. The standard InChI is InChI=1S/C9H12O3/c1-7-4-2-3-5-8(7)12-6-9(10)11/h2-3,5,7H,4,6H2,1H3,(H,10,11)/p+1. The molecular weight excluding hydrogens is 156 g/mol. The molecule has 0 heterocycles. The number of allylic oxidation sites excluding steroid dienone is 4. The molecule has 3 nitrogen and oxygen atoms in total. The van der Waals surface area contributed by atoms with Crippen LogP contribution < -0.4 is 0 Å². The SMILES string of the molecule is CC1CC=CC=C1[OH+]CC(=O)O. The molecular formula is C9H13O3+. The molecule has 0 aromatic rings. The second-order valence-corrected chi connectivity index (χ2v) is 2.87. The first-order valence-corrected chi connectivity index (χ1v) is 3.96. The quantitative estimate of drug-likeness (QED) is 0.642. The number of aliphatic hydroxyl groups is 2. The zero-order chi connectivity index (χ0) is 8.97. The highest BCUT2D eigenvalue weighted by Crippen LogP contribution is 2.18. The minimum Gasteiger partial charge on any atom is -0.578 e. The van der Waals surface area contributed by atoms with Gasteiger partial charge in [0.25, 0.3) is 6.61 Å². The van der Waals surface area contributed by atoms with Gasteiger partial charge in [0.1, 0.15) is 0 Å². The second kappa shape index (κ2) is 3.95. The summed E-state index contributed by atoms with van der Waals surface area (Å²) in [6, 6.07) is 0. The molecule has 1 aliphatic rings. The highest BCUT2D eigenvalue weighted by molar-refractivity contribution is 5.68. The van der Waals surface area contributed by atoms with Crippen LogP contribution in [0.5, 0.6) is 0 Å². The molecule has 66 valence electrons. The smallest absolute Gasteiger partial charge is 0.392 e. The lowest BCUT2D eigenvalue weighted by Crippen LogP contribution is -2.15. The van der Waals surface area contributed by atoms with Crippen LogP contribution in [-0.2, 0) is 4.79 Å². The van der Waals surface area contributed by atoms with E-state index in [1.165, 1.54) is 0 Å². The van der Waals surface area contributed by atoms with E-state index in [1.54, 1.807) is 0 Å². The topological polar surface area (TPSA) is 50.1 Å². The number of ether oxygens (including phenoxy) is 1. The first-order chi connectivity index (χ1) is 5.70. The number of aliphatic carboxylic acids is 1.